The van der Waals surface area contributed by atoms with Gasteiger partial charge < -0.3 is 4.74 Å². The van der Waals surface area contributed by atoms with Crippen LogP contribution in [0.15, 0.2) is 72.4 Å². The van der Waals surface area contributed by atoms with Gasteiger partial charge in [0.15, 0.2) is 0 Å². The van der Waals surface area contributed by atoms with Crippen molar-refractivity contribution in [1.82, 2.24) is 0 Å². The van der Waals surface area contributed by atoms with Crippen LogP contribution in [-0.4, -0.2) is 20.7 Å². The van der Waals surface area contributed by atoms with Gasteiger partial charge in [-0.05, 0) is 18.6 Å². The highest BCUT2D eigenvalue weighted by atomic mass is 28.3. The molecule has 114 valence electrons. The number of carbonyl (C=O) groups is 1. The molecule has 0 aliphatic heterocycles. The Labute approximate surface area is 133 Å². The first kappa shape index (κ1) is 16.2. The van der Waals surface area contributed by atoms with Gasteiger partial charge in [-0.3, -0.25) is 0 Å². The lowest BCUT2D eigenvalue weighted by Gasteiger charge is -2.18. The lowest BCUT2D eigenvalue weighted by atomic mass is 10.2. The molecule has 2 aromatic carbocycles. The molecule has 2 aromatic rings. The summed E-state index contributed by atoms with van der Waals surface area (Å²) in [5, 5.41) is 1.41. The number of benzene rings is 2. The van der Waals surface area contributed by atoms with Gasteiger partial charge in [0.2, 0.25) is 0 Å². The Morgan fingerprint density at radius 1 is 1.00 bits per heavy atom. The summed E-state index contributed by atoms with van der Waals surface area (Å²) in [5.74, 6) is -0.256. The van der Waals surface area contributed by atoms with Crippen LogP contribution in [0.25, 0.3) is 0 Å². The lowest BCUT2D eigenvalue weighted by Crippen LogP contribution is -2.39. The minimum Gasteiger partial charge on any atom is -0.462 e. The van der Waals surface area contributed by atoms with E-state index in [0.29, 0.717) is 12.2 Å². The molecule has 0 heterocycles. The van der Waals surface area contributed by atoms with E-state index in [1.165, 1.54) is 5.19 Å². The van der Waals surface area contributed by atoms with Crippen LogP contribution in [0.5, 0.6) is 0 Å². The quantitative estimate of drug-likeness (QED) is 0.459. The summed E-state index contributed by atoms with van der Waals surface area (Å²) in [6.07, 6.45) is 2.89. The van der Waals surface area contributed by atoms with Crippen molar-refractivity contribution >= 4 is 19.2 Å². The predicted octanol–water partition coefficient (Wildman–Crippen LogP) is 3.94. The maximum Gasteiger partial charge on any atom is 0.338 e. The number of hydrogen-bond donors (Lipinski definition) is 0. The number of carbonyl (C=O) groups excluding carboxylic acids is 1. The van der Waals surface area contributed by atoms with Crippen molar-refractivity contribution in [2.24, 2.45) is 0 Å². The van der Waals surface area contributed by atoms with Crippen LogP contribution in [0.4, 0.5) is 0 Å². The average molecular weight is 310 g/mol. The van der Waals surface area contributed by atoms with E-state index in [0.717, 1.165) is 6.42 Å². The molecule has 0 aliphatic rings. The highest BCUT2D eigenvalue weighted by Crippen LogP contribution is 2.06. The van der Waals surface area contributed by atoms with Gasteiger partial charge in [-0.25, -0.2) is 4.79 Å². The fourth-order valence-electron chi connectivity index (χ4n) is 2.22. The molecule has 0 spiro atoms. The largest absolute Gasteiger partial charge is 0.462 e. The third-order valence-corrected chi connectivity index (χ3v) is 6.47. The fraction of sp³-hybridized carbons (Fsp3) is 0.211. The minimum absolute atomic E-state index is 0.256. The molecule has 0 fully saturated rings. The van der Waals surface area contributed by atoms with Gasteiger partial charge >= 0.3 is 5.97 Å². The van der Waals surface area contributed by atoms with Crippen LogP contribution in [0.3, 0.4) is 0 Å². The Balaban J connectivity index is 1.80. The molecule has 2 rings (SSSR count). The molecule has 0 saturated carbocycles. The second kappa shape index (κ2) is 7.76. The van der Waals surface area contributed by atoms with Crippen molar-refractivity contribution in [1.29, 1.82) is 0 Å². The average Bonchev–Trinajstić information content (AvgIpc) is 2.56. The second-order valence-electron chi connectivity index (χ2n) is 5.78. The third-order valence-electron chi connectivity index (χ3n) is 3.58. The molecule has 3 heteroatoms. The topological polar surface area (TPSA) is 26.3 Å². The highest BCUT2D eigenvalue weighted by Gasteiger charge is 2.18. The maximum absolute atomic E-state index is 11.8. The summed E-state index contributed by atoms with van der Waals surface area (Å²) in [5.41, 5.74) is 2.91. The van der Waals surface area contributed by atoms with Crippen molar-refractivity contribution in [2.75, 3.05) is 6.61 Å². The highest BCUT2D eigenvalue weighted by molar-refractivity contribution is 6.93. The van der Waals surface area contributed by atoms with E-state index >= 15 is 0 Å². The van der Waals surface area contributed by atoms with Crippen LogP contribution in [0, 0.1) is 0 Å². The molecular weight excluding hydrogens is 288 g/mol. The van der Waals surface area contributed by atoms with Gasteiger partial charge in [-0.15, -0.1) is 0 Å². The summed E-state index contributed by atoms with van der Waals surface area (Å²) in [4.78, 5) is 11.8. The fourth-order valence-corrected chi connectivity index (χ4v) is 4.22. The van der Waals surface area contributed by atoms with E-state index in [9.17, 15) is 4.79 Å². The molecule has 0 amide bonds. The predicted molar refractivity (Wildman–Crippen MR) is 94.0 cm³/mol. The van der Waals surface area contributed by atoms with Gasteiger partial charge in [0.25, 0.3) is 0 Å². The first-order chi connectivity index (χ1) is 10.6. The number of hydrogen-bond acceptors (Lipinski definition) is 2. The Kier molecular flexibility index (Phi) is 5.73. The van der Waals surface area contributed by atoms with Crippen LogP contribution in [-0.2, 0) is 4.74 Å². The molecule has 0 N–H and O–H groups in total. The van der Waals surface area contributed by atoms with Crippen LogP contribution >= 0.6 is 0 Å². The Morgan fingerprint density at radius 3 is 2.23 bits per heavy atom. The Morgan fingerprint density at radius 2 is 1.59 bits per heavy atom. The maximum atomic E-state index is 11.8. The van der Waals surface area contributed by atoms with Crippen LogP contribution in [0.2, 0.25) is 13.1 Å². The Hall–Kier alpha value is -2.13. The number of rotatable bonds is 6. The molecule has 22 heavy (non-hydrogen) atoms. The number of ether oxygens (including phenoxy) is 1. The molecule has 0 saturated heterocycles. The zero-order valence-corrected chi connectivity index (χ0v) is 14.2. The lowest BCUT2D eigenvalue weighted by molar-refractivity contribution is 0.0512. The Bertz CT molecular complexity index is 618. The van der Waals surface area contributed by atoms with Gasteiger partial charge in [-0.2, -0.15) is 0 Å². The van der Waals surface area contributed by atoms with Crippen molar-refractivity contribution in [3.05, 3.63) is 78.0 Å². The minimum atomic E-state index is -1.54. The zero-order valence-electron chi connectivity index (χ0n) is 13.2. The van der Waals surface area contributed by atoms with Crippen LogP contribution in [0.1, 0.15) is 16.8 Å². The zero-order chi connectivity index (χ0) is 15.8. The van der Waals surface area contributed by atoms with Gasteiger partial charge in [0, 0.05) is 0 Å². The third kappa shape index (κ3) is 4.71. The molecule has 0 radical (unpaired) electrons. The molecule has 0 bridgehead atoms. The normalized spacial score (nSPS) is 11.5. The van der Waals surface area contributed by atoms with E-state index in [1.807, 2.05) is 24.3 Å². The first-order valence-corrected chi connectivity index (χ1v) is 10.6. The smallest absolute Gasteiger partial charge is 0.338 e. The van der Waals surface area contributed by atoms with E-state index in [-0.39, 0.29) is 5.97 Å². The molecular formula is C19H22O2Si. The molecule has 0 aromatic heterocycles. The molecule has 0 atom stereocenters. The first-order valence-electron chi connectivity index (χ1n) is 7.55. The van der Waals surface area contributed by atoms with E-state index < -0.39 is 8.07 Å². The SMILES string of the molecule is C[Si](C)(/C=C\CCOC(=O)c1ccccc1)c1ccccc1. The van der Waals surface area contributed by atoms with Gasteiger partial charge in [0.05, 0.1) is 12.2 Å². The molecule has 0 unspecified atom stereocenters. The van der Waals surface area contributed by atoms with Crippen LogP contribution < -0.4 is 5.19 Å². The second-order valence-corrected chi connectivity index (χ2v) is 10.1. The molecule has 2 nitrogen and oxygen atoms in total. The van der Waals surface area contributed by atoms with Crippen molar-refractivity contribution < 1.29 is 9.53 Å². The number of esters is 1. The van der Waals surface area contributed by atoms with Crippen molar-refractivity contribution in [3.63, 3.8) is 0 Å². The molecule has 0 aliphatic carbocycles. The van der Waals surface area contributed by atoms with E-state index in [4.69, 9.17) is 4.74 Å². The van der Waals surface area contributed by atoms with Gasteiger partial charge in [-0.1, -0.05) is 78.6 Å². The summed E-state index contributed by atoms with van der Waals surface area (Å²) in [6, 6.07) is 19.7. The van der Waals surface area contributed by atoms with E-state index in [1.54, 1.807) is 12.1 Å². The van der Waals surface area contributed by atoms with E-state index in [2.05, 4.69) is 49.1 Å². The summed E-state index contributed by atoms with van der Waals surface area (Å²) in [7, 11) is -1.54. The van der Waals surface area contributed by atoms with Crippen molar-refractivity contribution in [3.8, 4) is 0 Å². The summed E-state index contributed by atoms with van der Waals surface area (Å²) < 4.78 is 5.27. The summed E-state index contributed by atoms with van der Waals surface area (Å²) in [6.45, 7) is 5.05. The van der Waals surface area contributed by atoms with Gasteiger partial charge in [0.1, 0.15) is 8.07 Å². The van der Waals surface area contributed by atoms with Crippen molar-refractivity contribution in [2.45, 2.75) is 19.5 Å². The summed E-state index contributed by atoms with van der Waals surface area (Å²) >= 11 is 0. The standard InChI is InChI=1S/C19H22O2Si/c1-22(2,18-13-7-4-8-14-18)16-10-9-15-21-19(20)17-11-5-3-6-12-17/h3-8,10-14,16H,9,15H2,1-2H3/b16-10-. The monoisotopic (exact) mass is 310 g/mol.